The molecule has 1 fully saturated rings. The van der Waals surface area contributed by atoms with E-state index < -0.39 is 10.8 Å². The molecule has 0 spiro atoms. The van der Waals surface area contributed by atoms with Gasteiger partial charge in [-0.2, -0.15) is 0 Å². The van der Waals surface area contributed by atoms with E-state index >= 15 is 0 Å². The lowest BCUT2D eigenvalue weighted by molar-refractivity contribution is 0.382. The Bertz CT molecular complexity index is 335. The van der Waals surface area contributed by atoms with Crippen LogP contribution in [0.1, 0.15) is 4.88 Å². The molecule has 0 amide bonds. The van der Waals surface area contributed by atoms with Crippen molar-refractivity contribution >= 4 is 38.1 Å². The van der Waals surface area contributed by atoms with Crippen LogP contribution in [0.2, 0.25) is 0 Å². The molecule has 5 heteroatoms. The summed E-state index contributed by atoms with van der Waals surface area (Å²) >= 11 is 5.13. The van der Waals surface area contributed by atoms with E-state index in [1.54, 1.807) is 11.3 Å². The summed E-state index contributed by atoms with van der Waals surface area (Å²) in [7, 11) is -0.698. The van der Waals surface area contributed by atoms with Gasteiger partial charge in [-0.3, -0.25) is 4.21 Å². The van der Waals surface area contributed by atoms with Crippen molar-refractivity contribution in [3.8, 4) is 0 Å². The van der Waals surface area contributed by atoms with Crippen molar-refractivity contribution in [1.82, 2.24) is 5.32 Å². The standard InChI is InChI=1S/C9H12BrNOS2/c10-8-1-2-13-9(8)6-14(12)5-7-3-11-4-7/h1-2,7,11H,3-6H2. The van der Waals surface area contributed by atoms with Crippen LogP contribution in [0.5, 0.6) is 0 Å². The Morgan fingerprint density at radius 1 is 1.64 bits per heavy atom. The monoisotopic (exact) mass is 293 g/mol. The maximum absolute atomic E-state index is 11.7. The minimum atomic E-state index is -0.698. The molecule has 1 aliphatic rings. The third kappa shape index (κ3) is 2.66. The summed E-state index contributed by atoms with van der Waals surface area (Å²) in [5.41, 5.74) is 0. The molecule has 2 rings (SSSR count). The van der Waals surface area contributed by atoms with E-state index in [0.717, 1.165) is 23.3 Å². The fraction of sp³-hybridized carbons (Fsp3) is 0.556. The molecule has 0 aliphatic carbocycles. The number of thiophene rings is 1. The molecule has 0 bridgehead atoms. The summed E-state index contributed by atoms with van der Waals surface area (Å²) in [6.07, 6.45) is 0. The summed E-state index contributed by atoms with van der Waals surface area (Å²) in [5, 5.41) is 5.23. The highest BCUT2D eigenvalue weighted by molar-refractivity contribution is 9.10. The van der Waals surface area contributed by atoms with Crippen LogP contribution >= 0.6 is 27.3 Å². The first-order valence-corrected chi connectivity index (χ1v) is 7.69. The highest BCUT2D eigenvalue weighted by atomic mass is 79.9. The first kappa shape index (κ1) is 10.8. The van der Waals surface area contributed by atoms with Gasteiger partial charge in [0.15, 0.2) is 0 Å². The Kier molecular flexibility index (Phi) is 3.76. The van der Waals surface area contributed by atoms with E-state index in [4.69, 9.17) is 0 Å². The summed E-state index contributed by atoms with van der Waals surface area (Å²) < 4.78 is 12.8. The van der Waals surface area contributed by atoms with Gasteiger partial charge in [0, 0.05) is 39.0 Å². The zero-order chi connectivity index (χ0) is 9.97. The molecule has 0 saturated carbocycles. The van der Waals surface area contributed by atoms with Crippen molar-refractivity contribution < 1.29 is 4.21 Å². The molecular formula is C9H12BrNOS2. The largest absolute Gasteiger partial charge is 0.316 e. The molecular weight excluding hydrogens is 282 g/mol. The maximum atomic E-state index is 11.7. The maximum Gasteiger partial charge on any atom is 0.0591 e. The van der Waals surface area contributed by atoms with Crippen LogP contribution in [-0.2, 0) is 16.6 Å². The van der Waals surface area contributed by atoms with Crippen LogP contribution in [0.3, 0.4) is 0 Å². The van der Waals surface area contributed by atoms with Crippen molar-refractivity contribution in [2.75, 3.05) is 18.8 Å². The fourth-order valence-corrected chi connectivity index (χ4v) is 4.82. The highest BCUT2D eigenvalue weighted by Gasteiger charge is 2.19. The number of nitrogens with one attached hydrogen (secondary N) is 1. The van der Waals surface area contributed by atoms with Crippen molar-refractivity contribution in [1.29, 1.82) is 0 Å². The van der Waals surface area contributed by atoms with Gasteiger partial charge in [-0.15, -0.1) is 11.3 Å². The normalized spacial score (nSPS) is 19.2. The van der Waals surface area contributed by atoms with Crippen molar-refractivity contribution in [2.24, 2.45) is 5.92 Å². The molecule has 1 aromatic rings. The predicted molar refractivity (Wildman–Crippen MR) is 65.1 cm³/mol. The highest BCUT2D eigenvalue weighted by Crippen LogP contribution is 2.24. The summed E-state index contributed by atoms with van der Waals surface area (Å²) in [4.78, 5) is 1.20. The summed E-state index contributed by atoms with van der Waals surface area (Å²) in [5.74, 6) is 2.18. The lowest BCUT2D eigenvalue weighted by Crippen LogP contribution is -2.44. The number of rotatable bonds is 4. The van der Waals surface area contributed by atoms with Gasteiger partial charge in [0.25, 0.3) is 0 Å². The molecule has 14 heavy (non-hydrogen) atoms. The molecule has 0 radical (unpaired) electrons. The van der Waals surface area contributed by atoms with Gasteiger partial charge in [0.1, 0.15) is 0 Å². The van der Waals surface area contributed by atoms with Gasteiger partial charge in [-0.1, -0.05) is 0 Å². The summed E-state index contributed by atoms with van der Waals surface area (Å²) in [6.45, 7) is 2.08. The smallest absolute Gasteiger partial charge is 0.0591 e. The SMILES string of the molecule is O=S(Cc1sccc1Br)CC1CNC1. The Morgan fingerprint density at radius 3 is 2.93 bits per heavy atom. The molecule has 1 aromatic heterocycles. The zero-order valence-corrected chi connectivity index (χ0v) is 10.9. The molecule has 1 N–H and O–H groups in total. The lowest BCUT2D eigenvalue weighted by atomic mass is 10.1. The third-order valence-electron chi connectivity index (χ3n) is 2.27. The van der Waals surface area contributed by atoms with Crippen LogP contribution < -0.4 is 5.32 Å². The second kappa shape index (κ2) is 4.88. The second-order valence-corrected chi connectivity index (χ2v) is 6.82. The van der Waals surface area contributed by atoms with E-state index in [1.165, 1.54) is 4.88 Å². The molecule has 1 aliphatic heterocycles. The molecule has 2 heterocycles. The van der Waals surface area contributed by atoms with Gasteiger partial charge in [-0.25, -0.2) is 0 Å². The molecule has 0 aromatic carbocycles. The quantitative estimate of drug-likeness (QED) is 0.920. The van der Waals surface area contributed by atoms with E-state index in [2.05, 4.69) is 21.2 Å². The molecule has 1 saturated heterocycles. The van der Waals surface area contributed by atoms with E-state index in [9.17, 15) is 4.21 Å². The fourth-order valence-electron chi connectivity index (χ4n) is 1.36. The van der Waals surface area contributed by atoms with Crippen molar-refractivity contribution in [2.45, 2.75) is 5.75 Å². The molecule has 78 valence electrons. The molecule has 2 nitrogen and oxygen atoms in total. The Labute approximate surface area is 98.7 Å². The summed E-state index contributed by atoms with van der Waals surface area (Å²) in [6, 6.07) is 2.02. The average Bonchev–Trinajstić information content (AvgIpc) is 2.45. The molecule has 1 atom stereocenters. The van der Waals surface area contributed by atoms with Gasteiger partial charge in [-0.05, 0) is 33.3 Å². The molecule has 1 unspecified atom stereocenters. The Hall–Kier alpha value is 0.290. The lowest BCUT2D eigenvalue weighted by Gasteiger charge is -2.26. The van der Waals surface area contributed by atoms with Gasteiger partial charge in [0.05, 0.1) is 5.75 Å². The third-order valence-corrected chi connectivity index (χ3v) is 5.83. The Balaban J connectivity index is 1.84. The number of hydrogen-bond donors (Lipinski definition) is 1. The van der Waals surface area contributed by atoms with Crippen LogP contribution in [0, 0.1) is 5.92 Å². The Morgan fingerprint density at radius 2 is 2.43 bits per heavy atom. The van der Waals surface area contributed by atoms with Gasteiger partial charge < -0.3 is 5.32 Å². The van der Waals surface area contributed by atoms with Gasteiger partial charge in [0.2, 0.25) is 0 Å². The van der Waals surface area contributed by atoms with E-state index in [1.807, 2.05) is 11.4 Å². The van der Waals surface area contributed by atoms with E-state index in [0.29, 0.717) is 11.7 Å². The van der Waals surface area contributed by atoms with Crippen LogP contribution in [0.25, 0.3) is 0 Å². The topological polar surface area (TPSA) is 29.1 Å². The number of halogens is 1. The van der Waals surface area contributed by atoms with Crippen LogP contribution in [-0.4, -0.2) is 23.1 Å². The predicted octanol–water partition coefficient (Wildman–Crippen LogP) is 1.98. The van der Waals surface area contributed by atoms with Crippen molar-refractivity contribution in [3.05, 3.63) is 20.8 Å². The second-order valence-electron chi connectivity index (χ2n) is 3.47. The van der Waals surface area contributed by atoms with Gasteiger partial charge >= 0.3 is 0 Å². The van der Waals surface area contributed by atoms with E-state index in [-0.39, 0.29) is 0 Å². The van der Waals surface area contributed by atoms with Crippen molar-refractivity contribution in [3.63, 3.8) is 0 Å². The van der Waals surface area contributed by atoms with Crippen LogP contribution in [0.4, 0.5) is 0 Å². The zero-order valence-electron chi connectivity index (χ0n) is 7.66. The van der Waals surface area contributed by atoms with Crippen LogP contribution in [0.15, 0.2) is 15.9 Å². The average molecular weight is 294 g/mol. The minimum Gasteiger partial charge on any atom is -0.316 e. The number of hydrogen-bond acceptors (Lipinski definition) is 3. The minimum absolute atomic E-state index is 0.634. The first-order chi connectivity index (χ1) is 6.75. The first-order valence-electron chi connectivity index (χ1n) is 4.53.